The minimum Gasteiger partial charge on any atom is -0.388 e. The molecule has 0 saturated carbocycles. The summed E-state index contributed by atoms with van der Waals surface area (Å²) in [5, 5.41) is 0. The number of benzene rings is 1. The van der Waals surface area contributed by atoms with Gasteiger partial charge in [-0.25, -0.2) is 0 Å². The molecule has 1 aromatic carbocycles. The van der Waals surface area contributed by atoms with Crippen molar-refractivity contribution >= 4 is 5.84 Å². The summed E-state index contributed by atoms with van der Waals surface area (Å²) >= 11 is 0. The largest absolute Gasteiger partial charge is 0.388 e. The Labute approximate surface area is 84.8 Å². The SMILES string of the molecule is CC(N)=NC(c1ccccc1)[C@H](C)N. The maximum atomic E-state index is 5.85. The van der Waals surface area contributed by atoms with Crippen LogP contribution in [0.15, 0.2) is 35.3 Å². The van der Waals surface area contributed by atoms with Crippen LogP contribution in [0.3, 0.4) is 0 Å². The van der Waals surface area contributed by atoms with Gasteiger partial charge >= 0.3 is 0 Å². The Bertz CT molecular complexity index is 300. The highest BCUT2D eigenvalue weighted by Gasteiger charge is 2.13. The summed E-state index contributed by atoms with van der Waals surface area (Å²) in [4.78, 5) is 4.32. The number of aliphatic imine (C=N–C) groups is 1. The molecule has 14 heavy (non-hydrogen) atoms. The molecule has 3 heteroatoms. The van der Waals surface area contributed by atoms with Crippen LogP contribution in [0, 0.1) is 0 Å². The van der Waals surface area contributed by atoms with Crippen molar-refractivity contribution in [3.63, 3.8) is 0 Å². The predicted molar refractivity (Wildman–Crippen MR) is 60.1 cm³/mol. The second-order valence-electron chi connectivity index (χ2n) is 3.49. The standard InChI is InChI=1S/C11H17N3/c1-8(12)11(14-9(2)13)10-6-4-3-5-7-10/h3-8,11H,12H2,1-2H3,(H2,13,14)/t8-,11?/m0/s1. The maximum Gasteiger partial charge on any atom is 0.0917 e. The van der Waals surface area contributed by atoms with Gasteiger partial charge < -0.3 is 11.5 Å². The summed E-state index contributed by atoms with van der Waals surface area (Å²) in [7, 11) is 0. The maximum absolute atomic E-state index is 5.85. The third-order valence-corrected chi connectivity index (χ3v) is 1.98. The van der Waals surface area contributed by atoms with Gasteiger partial charge in [-0.3, -0.25) is 4.99 Å². The Balaban J connectivity index is 2.95. The van der Waals surface area contributed by atoms with Crippen molar-refractivity contribution in [2.75, 3.05) is 0 Å². The van der Waals surface area contributed by atoms with Crippen molar-refractivity contribution in [3.05, 3.63) is 35.9 Å². The minimum atomic E-state index is -0.0406. The Morgan fingerprint density at radius 3 is 2.29 bits per heavy atom. The van der Waals surface area contributed by atoms with Gasteiger partial charge in [0.05, 0.1) is 11.9 Å². The first-order valence-electron chi connectivity index (χ1n) is 4.71. The Morgan fingerprint density at radius 1 is 1.29 bits per heavy atom. The molecule has 2 atom stereocenters. The van der Waals surface area contributed by atoms with E-state index in [1.807, 2.05) is 37.3 Å². The molecule has 1 rings (SSSR count). The first kappa shape index (κ1) is 10.7. The molecule has 0 aliphatic heterocycles. The molecule has 0 spiro atoms. The van der Waals surface area contributed by atoms with E-state index >= 15 is 0 Å². The average Bonchev–Trinajstić information content (AvgIpc) is 2.15. The molecule has 0 heterocycles. The van der Waals surface area contributed by atoms with Crippen LogP contribution < -0.4 is 11.5 Å². The average molecular weight is 191 g/mol. The van der Waals surface area contributed by atoms with E-state index in [2.05, 4.69) is 4.99 Å². The van der Waals surface area contributed by atoms with Crippen LogP contribution in [-0.2, 0) is 0 Å². The minimum absolute atomic E-state index is 0.0316. The Hall–Kier alpha value is -1.35. The second kappa shape index (κ2) is 4.77. The number of hydrogen-bond donors (Lipinski definition) is 2. The summed E-state index contributed by atoms with van der Waals surface area (Å²) in [5.74, 6) is 0.566. The molecule has 0 amide bonds. The molecule has 1 aromatic rings. The van der Waals surface area contributed by atoms with Gasteiger partial charge in [-0.05, 0) is 19.4 Å². The molecule has 0 aliphatic carbocycles. The van der Waals surface area contributed by atoms with Crippen LogP contribution in [0.1, 0.15) is 25.5 Å². The van der Waals surface area contributed by atoms with Crippen molar-refractivity contribution < 1.29 is 0 Å². The van der Waals surface area contributed by atoms with E-state index in [4.69, 9.17) is 11.5 Å². The van der Waals surface area contributed by atoms with Crippen molar-refractivity contribution in [1.82, 2.24) is 0 Å². The fraction of sp³-hybridized carbons (Fsp3) is 0.364. The Kier molecular flexibility index (Phi) is 3.65. The smallest absolute Gasteiger partial charge is 0.0917 e. The molecule has 0 aliphatic rings. The monoisotopic (exact) mass is 191 g/mol. The van der Waals surface area contributed by atoms with Gasteiger partial charge in [0, 0.05) is 6.04 Å². The highest BCUT2D eigenvalue weighted by atomic mass is 14.9. The van der Waals surface area contributed by atoms with Gasteiger partial charge in [0.1, 0.15) is 0 Å². The summed E-state index contributed by atoms with van der Waals surface area (Å²) < 4.78 is 0. The van der Waals surface area contributed by atoms with Crippen molar-refractivity contribution in [2.45, 2.75) is 25.9 Å². The van der Waals surface area contributed by atoms with E-state index in [1.54, 1.807) is 6.92 Å². The second-order valence-corrected chi connectivity index (χ2v) is 3.49. The zero-order chi connectivity index (χ0) is 10.6. The van der Waals surface area contributed by atoms with Crippen molar-refractivity contribution in [3.8, 4) is 0 Å². The van der Waals surface area contributed by atoms with Gasteiger partial charge in [-0.2, -0.15) is 0 Å². The molecule has 3 nitrogen and oxygen atoms in total. The molecular formula is C11H17N3. The Morgan fingerprint density at radius 2 is 1.86 bits per heavy atom. The van der Waals surface area contributed by atoms with Gasteiger partial charge in [0.25, 0.3) is 0 Å². The van der Waals surface area contributed by atoms with Crippen LogP contribution in [0.4, 0.5) is 0 Å². The molecule has 4 N–H and O–H groups in total. The van der Waals surface area contributed by atoms with Gasteiger partial charge in [0.2, 0.25) is 0 Å². The highest BCUT2D eigenvalue weighted by molar-refractivity contribution is 5.77. The van der Waals surface area contributed by atoms with Crippen LogP contribution in [0.5, 0.6) is 0 Å². The van der Waals surface area contributed by atoms with Crippen LogP contribution in [0.2, 0.25) is 0 Å². The lowest BCUT2D eigenvalue weighted by molar-refractivity contribution is 0.591. The molecule has 1 unspecified atom stereocenters. The van der Waals surface area contributed by atoms with E-state index in [-0.39, 0.29) is 12.1 Å². The van der Waals surface area contributed by atoms with E-state index in [9.17, 15) is 0 Å². The van der Waals surface area contributed by atoms with Gasteiger partial charge in [0.15, 0.2) is 0 Å². The third kappa shape index (κ3) is 2.85. The van der Waals surface area contributed by atoms with E-state index in [0.717, 1.165) is 5.56 Å². The topological polar surface area (TPSA) is 64.4 Å². The molecule has 0 aromatic heterocycles. The molecule has 0 saturated heterocycles. The molecule has 0 bridgehead atoms. The number of rotatable bonds is 3. The fourth-order valence-corrected chi connectivity index (χ4v) is 1.37. The lowest BCUT2D eigenvalue weighted by Gasteiger charge is -2.17. The van der Waals surface area contributed by atoms with Crippen LogP contribution >= 0.6 is 0 Å². The predicted octanol–water partition coefficient (Wildman–Crippen LogP) is 1.45. The number of hydrogen-bond acceptors (Lipinski definition) is 2. The lowest BCUT2D eigenvalue weighted by atomic mass is 10.0. The zero-order valence-electron chi connectivity index (χ0n) is 8.64. The first-order valence-corrected chi connectivity index (χ1v) is 4.71. The quantitative estimate of drug-likeness (QED) is 0.561. The van der Waals surface area contributed by atoms with Gasteiger partial charge in [-0.1, -0.05) is 30.3 Å². The van der Waals surface area contributed by atoms with Crippen molar-refractivity contribution in [1.29, 1.82) is 0 Å². The summed E-state index contributed by atoms with van der Waals surface area (Å²) in [6.45, 7) is 3.71. The molecule has 0 fully saturated rings. The molecular weight excluding hydrogens is 174 g/mol. The summed E-state index contributed by atoms with van der Waals surface area (Å²) in [6, 6.07) is 9.89. The molecule has 76 valence electrons. The number of nitrogens with two attached hydrogens (primary N) is 2. The van der Waals surface area contributed by atoms with Crippen LogP contribution in [0.25, 0.3) is 0 Å². The normalized spacial score (nSPS) is 16.4. The van der Waals surface area contributed by atoms with Crippen molar-refractivity contribution in [2.24, 2.45) is 16.5 Å². The summed E-state index contributed by atoms with van der Waals surface area (Å²) in [6.07, 6.45) is 0. The fourth-order valence-electron chi connectivity index (χ4n) is 1.37. The number of amidine groups is 1. The number of nitrogens with zero attached hydrogens (tertiary/aromatic N) is 1. The molecule has 0 radical (unpaired) electrons. The zero-order valence-corrected chi connectivity index (χ0v) is 8.64. The highest BCUT2D eigenvalue weighted by Crippen LogP contribution is 2.19. The van der Waals surface area contributed by atoms with Crippen LogP contribution in [-0.4, -0.2) is 11.9 Å². The lowest BCUT2D eigenvalue weighted by Crippen LogP contribution is -2.25. The third-order valence-electron chi connectivity index (χ3n) is 1.98. The van der Waals surface area contributed by atoms with E-state index < -0.39 is 0 Å². The van der Waals surface area contributed by atoms with Gasteiger partial charge in [-0.15, -0.1) is 0 Å². The van der Waals surface area contributed by atoms with E-state index in [0.29, 0.717) is 5.84 Å². The van der Waals surface area contributed by atoms with E-state index in [1.165, 1.54) is 0 Å². The first-order chi connectivity index (χ1) is 6.61. The summed E-state index contributed by atoms with van der Waals surface area (Å²) in [5.41, 5.74) is 12.5.